The highest BCUT2D eigenvalue weighted by Gasteiger charge is 2.32. The maximum Gasteiger partial charge on any atom is 0.226 e. The Labute approximate surface area is 164 Å². The van der Waals surface area contributed by atoms with Gasteiger partial charge in [0.2, 0.25) is 5.91 Å². The molecule has 0 saturated carbocycles. The highest BCUT2D eigenvalue weighted by molar-refractivity contribution is 7.90. The molecule has 0 aliphatic carbocycles. The molecule has 0 saturated heterocycles. The number of anilines is 1. The van der Waals surface area contributed by atoms with Crippen molar-refractivity contribution >= 4 is 21.6 Å². The molecule has 3 aromatic rings. The van der Waals surface area contributed by atoms with Crippen molar-refractivity contribution in [2.45, 2.75) is 31.1 Å². The number of sulfone groups is 1. The number of nitrogens with one attached hydrogen (secondary N) is 1. The lowest BCUT2D eigenvalue weighted by Gasteiger charge is -2.24. The zero-order valence-corrected chi connectivity index (χ0v) is 16.7. The minimum atomic E-state index is -3.26. The van der Waals surface area contributed by atoms with Crippen LogP contribution in [0.25, 0.3) is 5.69 Å². The largest absolute Gasteiger partial charge is 0.310 e. The highest BCUT2D eigenvalue weighted by atomic mass is 32.2. The molecule has 4 rings (SSSR count). The molecule has 1 amide bonds. The van der Waals surface area contributed by atoms with Crippen molar-refractivity contribution in [2.24, 2.45) is 0 Å². The van der Waals surface area contributed by atoms with Crippen molar-refractivity contribution in [1.82, 2.24) is 9.78 Å². The second-order valence-corrected chi connectivity index (χ2v) is 9.21. The maximum absolute atomic E-state index is 12.5. The van der Waals surface area contributed by atoms with Gasteiger partial charge in [0.15, 0.2) is 9.84 Å². The van der Waals surface area contributed by atoms with E-state index in [-0.39, 0.29) is 16.7 Å². The lowest BCUT2D eigenvalue weighted by Crippen LogP contribution is -2.25. The summed E-state index contributed by atoms with van der Waals surface area (Å²) < 4.78 is 25.3. The van der Waals surface area contributed by atoms with Crippen molar-refractivity contribution in [1.29, 1.82) is 0 Å². The van der Waals surface area contributed by atoms with Crippen LogP contribution in [0, 0.1) is 13.8 Å². The molecule has 2 heterocycles. The van der Waals surface area contributed by atoms with Gasteiger partial charge in [-0.25, -0.2) is 13.1 Å². The quantitative estimate of drug-likeness (QED) is 0.737. The van der Waals surface area contributed by atoms with E-state index in [2.05, 4.69) is 5.32 Å². The van der Waals surface area contributed by atoms with Crippen LogP contribution in [0.4, 0.5) is 5.82 Å². The Morgan fingerprint density at radius 2 is 1.75 bits per heavy atom. The molecule has 1 aromatic heterocycles. The van der Waals surface area contributed by atoms with E-state index in [9.17, 15) is 13.2 Å². The van der Waals surface area contributed by atoms with Gasteiger partial charge >= 0.3 is 0 Å². The molecule has 1 aliphatic heterocycles. The van der Waals surface area contributed by atoms with Gasteiger partial charge in [0.05, 0.1) is 16.3 Å². The van der Waals surface area contributed by atoms with Crippen LogP contribution >= 0.6 is 0 Å². The minimum absolute atomic E-state index is 0.0839. The lowest BCUT2D eigenvalue weighted by molar-refractivity contribution is -0.116. The number of amides is 1. The summed E-state index contributed by atoms with van der Waals surface area (Å²) in [6.07, 6.45) is 1.48. The number of nitrogens with zero attached hydrogens (tertiary/aromatic N) is 2. The summed E-state index contributed by atoms with van der Waals surface area (Å²) >= 11 is 0. The second kappa shape index (κ2) is 6.60. The lowest BCUT2D eigenvalue weighted by atomic mass is 9.86. The first-order valence-electron chi connectivity index (χ1n) is 9.01. The molecule has 6 nitrogen and oxygen atoms in total. The van der Waals surface area contributed by atoms with Crippen molar-refractivity contribution < 1.29 is 13.2 Å². The Morgan fingerprint density at radius 1 is 1.07 bits per heavy atom. The van der Waals surface area contributed by atoms with E-state index < -0.39 is 9.84 Å². The van der Waals surface area contributed by atoms with Gasteiger partial charge in [-0.3, -0.25) is 4.79 Å². The molecule has 1 aliphatic rings. The number of aryl methyl sites for hydroxylation is 2. The fourth-order valence-electron chi connectivity index (χ4n) is 3.75. The Kier molecular flexibility index (Phi) is 4.34. The summed E-state index contributed by atoms with van der Waals surface area (Å²) in [5, 5.41) is 7.67. The fraction of sp³-hybridized carbons (Fsp3) is 0.238. The number of para-hydroxylation sites is 1. The average Bonchev–Trinajstić information content (AvgIpc) is 2.97. The van der Waals surface area contributed by atoms with Gasteiger partial charge in [0.1, 0.15) is 5.82 Å². The number of fused-ring (bicyclic) bond motifs is 1. The molecule has 144 valence electrons. The summed E-state index contributed by atoms with van der Waals surface area (Å²) in [5.74, 6) is 0.426. The van der Waals surface area contributed by atoms with E-state index in [1.54, 1.807) is 28.9 Å². The van der Waals surface area contributed by atoms with Gasteiger partial charge in [-0.1, -0.05) is 30.3 Å². The third-order valence-electron chi connectivity index (χ3n) is 5.16. The van der Waals surface area contributed by atoms with Gasteiger partial charge in [-0.05, 0) is 43.2 Å². The fourth-order valence-corrected chi connectivity index (χ4v) is 4.39. The normalized spacial score (nSPS) is 16.5. The van der Waals surface area contributed by atoms with Crippen LogP contribution in [0.1, 0.15) is 34.7 Å². The first kappa shape index (κ1) is 18.4. The first-order chi connectivity index (χ1) is 13.3. The Hall–Kier alpha value is -2.93. The summed E-state index contributed by atoms with van der Waals surface area (Å²) in [4.78, 5) is 12.7. The summed E-state index contributed by atoms with van der Waals surface area (Å²) in [6, 6.07) is 14.6. The number of aromatic nitrogens is 2. The van der Waals surface area contributed by atoms with Crippen LogP contribution < -0.4 is 5.32 Å². The van der Waals surface area contributed by atoms with Gasteiger partial charge in [-0.15, -0.1) is 0 Å². The molecular weight excluding hydrogens is 374 g/mol. The molecule has 7 heteroatoms. The van der Waals surface area contributed by atoms with Crippen LogP contribution in [-0.4, -0.2) is 30.4 Å². The number of hydrogen-bond donors (Lipinski definition) is 1. The molecule has 0 fully saturated rings. The molecular formula is C21H21N3O3S. The predicted octanol–water partition coefficient (Wildman–Crippen LogP) is 3.37. The van der Waals surface area contributed by atoms with E-state index >= 15 is 0 Å². The third-order valence-corrected chi connectivity index (χ3v) is 6.29. The number of hydrogen-bond acceptors (Lipinski definition) is 4. The maximum atomic E-state index is 12.5. The smallest absolute Gasteiger partial charge is 0.226 e. The van der Waals surface area contributed by atoms with Gasteiger partial charge in [0, 0.05) is 24.2 Å². The molecule has 28 heavy (non-hydrogen) atoms. The molecule has 2 aromatic carbocycles. The SMILES string of the molecule is Cc1ccccc1-n1nc(C)c2c1NC(=O)CC2c1ccc(S(C)(=O)=O)cc1. The van der Waals surface area contributed by atoms with Crippen LogP contribution in [0.15, 0.2) is 53.4 Å². The monoisotopic (exact) mass is 395 g/mol. The second-order valence-electron chi connectivity index (χ2n) is 7.19. The molecule has 0 bridgehead atoms. The van der Waals surface area contributed by atoms with Crippen LogP contribution in [0.3, 0.4) is 0 Å². The zero-order valence-electron chi connectivity index (χ0n) is 15.9. The Bertz CT molecular complexity index is 1180. The molecule has 1 atom stereocenters. The molecule has 0 spiro atoms. The van der Waals surface area contributed by atoms with E-state index in [1.165, 1.54) is 6.26 Å². The number of rotatable bonds is 3. The van der Waals surface area contributed by atoms with Crippen molar-refractivity contribution in [3.63, 3.8) is 0 Å². The van der Waals surface area contributed by atoms with E-state index in [0.717, 1.165) is 28.1 Å². The topological polar surface area (TPSA) is 81.1 Å². The minimum Gasteiger partial charge on any atom is -0.310 e. The standard InChI is InChI=1S/C21H21N3O3S/c1-13-6-4-5-7-18(13)24-21-20(14(2)23-24)17(12-19(25)22-21)15-8-10-16(11-9-15)28(3,26)27/h4-11,17H,12H2,1-3H3,(H,22,25). The molecule has 1 N–H and O–H groups in total. The number of carbonyl (C=O) groups excluding carboxylic acids is 1. The predicted molar refractivity (Wildman–Crippen MR) is 108 cm³/mol. The summed E-state index contributed by atoms with van der Waals surface area (Å²) in [5.41, 5.74) is 4.68. The van der Waals surface area contributed by atoms with E-state index in [4.69, 9.17) is 5.10 Å². The van der Waals surface area contributed by atoms with Crippen molar-refractivity contribution in [2.75, 3.05) is 11.6 Å². The molecule has 1 unspecified atom stereocenters. The Morgan fingerprint density at radius 3 is 2.39 bits per heavy atom. The van der Waals surface area contributed by atoms with E-state index in [1.807, 2.05) is 38.1 Å². The zero-order chi connectivity index (χ0) is 20.1. The Balaban J connectivity index is 1.84. The molecule has 0 radical (unpaired) electrons. The van der Waals surface area contributed by atoms with Crippen molar-refractivity contribution in [3.05, 3.63) is 70.9 Å². The number of benzene rings is 2. The van der Waals surface area contributed by atoms with Gasteiger partial charge in [0.25, 0.3) is 0 Å². The van der Waals surface area contributed by atoms with Crippen LogP contribution in [-0.2, 0) is 14.6 Å². The average molecular weight is 395 g/mol. The third kappa shape index (κ3) is 3.11. The summed E-state index contributed by atoms with van der Waals surface area (Å²) in [7, 11) is -3.26. The van der Waals surface area contributed by atoms with Gasteiger partial charge < -0.3 is 5.32 Å². The van der Waals surface area contributed by atoms with Crippen LogP contribution in [0.5, 0.6) is 0 Å². The van der Waals surface area contributed by atoms with Crippen LogP contribution in [0.2, 0.25) is 0 Å². The van der Waals surface area contributed by atoms with Crippen molar-refractivity contribution in [3.8, 4) is 5.69 Å². The van der Waals surface area contributed by atoms with E-state index in [0.29, 0.717) is 12.2 Å². The first-order valence-corrected chi connectivity index (χ1v) is 10.9. The summed E-state index contributed by atoms with van der Waals surface area (Å²) in [6.45, 7) is 3.94. The van der Waals surface area contributed by atoms with Gasteiger partial charge in [-0.2, -0.15) is 5.10 Å². The highest BCUT2D eigenvalue weighted by Crippen LogP contribution is 2.40. The number of carbonyl (C=O) groups is 1.